The van der Waals surface area contributed by atoms with Gasteiger partial charge in [-0.2, -0.15) is 11.8 Å². The summed E-state index contributed by atoms with van der Waals surface area (Å²) in [7, 11) is 0. The van der Waals surface area contributed by atoms with Crippen LogP contribution in [-0.4, -0.2) is 47.5 Å². The van der Waals surface area contributed by atoms with Gasteiger partial charge in [0.2, 0.25) is 5.91 Å². The molecule has 1 unspecified atom stereocenters. The first-order valence-corrected chi connectivity index (χ1v) is 7.04. The van der Waals surface area contributed by atoms with E-state index in [0.29, 0.717) is 6.04 Å². The molecule has 0 radical (unpaired) electrons. The van der Waals surface area contributed by atoms with Crippen molar-refractivity contribution in [3.63, 3.8) is 0 Å². The quantitative estimate of drug-likeness (QED) is 0.542. The van der Waals surface area contributed by atoms with E-state index >= 15 is 0 Å². The summed E-state index contributed by atoms with van der Waals surface area (Å²) in [5, 5.41) is 3.31. The Hall–Kier alpha value is -0.480. The van der Waals surface area contributed by atoms with Crippen LogP contribution in [0.25, 0.3) is 0 Å². The highest BCUT2D eigenvalue weighted by Crippen LogP contribution is 2.13. The third kappa shape index (κ3) is 4.18. The van der Waals surface area contributed by atoms with Crippen LogP contribution >= 0.6 is 11.8 Å². The van der Waals surface area contributed by atoms with Gasteiger partial charge in [0.1, 0.15) is 0 Å². The lowest BCUT2D eigenvalue weighted by Gasteiger charge is -2.18. The second-order valence-electron chi connectivity index (χ2n) is 4.35. The molecule has 1 N–H and O–H groups in total. The Kier molecular flexibility index (Phi) is 5.91. The highest BCUT2D eigenvalue weighted by atomic mass is 32.2. The van der Waals surface area contributed by atoms with Crippen molar-refractivity contribution >= 4 is 17.7 Å². The maximum Gasteiger partial charge on any atom is 0.239 e. The second kappa shape index (κ2) is 6.97. The normalized spacial score (nSPS) is 20.8. The van der Waals surface area contributed by atoms with Gasteiger partial charge in [0.05, 0.1) is 6.04 Å². The zero-order chi connectivity index (χ0) is 12.0. The van der Waals surface area contributed by atoms with E-state index in [2.05, 4.69) is 25.7 Å². The van der Waals surface area contributed by atoms with Crippen molar-refractivity contribution in [2.75, 3.05) is 24.6 Å². The van der Waals surface area contributed by atoms with Gasteiger partial charge in [-0.1, -0.05) is 19.9 Å². The van der Waals surface area contributed by atoms with Gasteiger partial charge < -0.3 is 10.2 Å². The van der Waals surface area contributed by atoms with E-state index in [1.807, 2.05) is 22.7 Å². The van der Waals surface area contributed by atoms with Gasteiger partial charge in [-0.05, 0) is 6.42 Å². The number of hydrogen-bond acceptors (Lipinski definition) is 3. The second-order valence-corrected chi connectivity index (χ2v) is 5.50. The Morgan fingerprint density at radius 2 is 2.44 bits per heavy atom. The molecule has 0 saturated carbocycles. The van der Waals surface area contributed by atoms with E-state index in [4.69, 9.17) is 0 Å². The van der Waals surface area contributed by atoms with Gasteiger partial charge in [-0.25, -0.2) is 0 Å². The molecule has 1 saturated heterocycles. The largest absolute Gasteiger partial charge is 0.340 e. The molecule has 4 heteroatoms. The molecular formula is C12H22N2OS. The third-order valence-corrected chi connectivity index (χ3v) is 3.52. The first-order valence-electron chi connectivity index (χ1n) is 5.88. The third-order valence-electron chi connectivity index (χ3n) is 2.57. The van der Waals surface area contributed by atoms with Gasteiger partial charge >= 0.3 is 0 Å². The molecule has 1 fully saturated rings. The predicted octanol–water partition coefficient (Wildman–Crippen LogP) is 1.50. The summed E-state index contributed by atoms with van der Waals surface area (Å²) < 4.78 is 0. The van der Waals surface area contributed by atoms with Crippen molar-refractivity contribution in [1.82, 2.24) is 10.2 Å². The highest BCUT2D eigenvalue weighted by Gasteiger charge is 2.30. The molecule has 0 bridgehead atoms. The van der Waals surface area contributed by atoms with Crippen LogP contribution in [0.3, 0.4) is 0 Å². The molecule has 1 heterocycles. The van der Waals surface area contributed by atoms with Gasteiger partial charge in [0, 0.05) is 30.6 Å². The Balaban J connectivity index is 2.25. The fraction of sp³-hybridized carbons (Fsp3) is 0.750. The highest BCUT2D eigenvalue weighted by molar-refractivity contribution is 7.99. The van der Waals surface area contributed by atoms with Crippen LogP contribution in [0.2, 0.25) is 0 Å². The number of carbonyl (C=O) groups excluding carboxylic acids is 1. The summed E-state index contributed by atoms with van der Waals surface area (Å²) in [4.78, 5) is 13.9. The Labute approximate surface area is 103 Å². The van der Waals surface area contributed by atoms with Crippen molar-refractivity contribution in [3.05, 3.63) is 12.7 Å². The first kappa shape index (κ1) is 13.6. The lowest BCUT2D eigenvalue weighted by Crippen LogP contribution is -2.41. The number of rotatable bonds is 7. The van der Waals surface area contributed by atoms with Crippen molar-refractivity contribution in [2.24, 2.45) is 0 Å². The summed E-state index contributed by atoms with van der Waals surface area (Å²) >= 11 is 1.82. The molecule has 1 amide bonds. The predicted molar refractivity (Wildman–Crippen MR) is 70.8 cm³/mol. The molecule has 0 spiro atoms. The number of likely N-dealkylation sites (tertiary alicyclic amines) is 1. The van der Waals surface area contributed by atoms with E-state index in [9.17, 15) is 4.79 Å². The minimum absolute atomic E-state index is 0.0457. The molecule has 0 aromatic rings. The lowest BCUT2D eigenvalue weighted by molar-refractivity contribution is -0.129. The van der Waals surface area contributed by atoms with Gasteiger partial charge in [-0.3, -0.25) is 4.79 Å². The van der Waals surface area contributed by atoms with E-state index < -0.39 is 0 Å². The Bertz CT molecular complexity index is 243. The molecule has 16 heavy (non-hydrogen) atoms. The average molecular weight is 242 g/mol. The van der Waals surface area contributed by atoms with Crippen molar-refractivity contribution in [1.29, 1.82) is 0 Å². The minimum Gasteiger partial charge on any atom is -0.340 e. The molecule has 1 aliphatic rings. The van der Waals surface area contributed by atoms with Crippen molar-refractivity contribution in [3.8, 4) is 0 Å². The number of nitrogens with zero attached hydrogens (tertiary/aromatic N) is 1. The van der Waals surface area contributed by atoms with Crippen LogP contribution in [0.5, 0.6) is 0 Å². The molecule has 1 rings (SSSR count). The SMILES string of the molecule is C=CCSCCN1CCC(NC(C)C)C1=O. The van der Waals surface area contributed by atoms with Crippen LogP contribution in [0.4, 0.5) is 0 Å². The molecule has 0 aliphatic carbocycles. The monoisotopic (exact) mass is 242 g/mol. The van der Waals surface area contributed by atoms with Crippen LogP contribution in [-0.2, 0) is 4.79 Å². The van der Waals surface area contributed by atoms with Gasteiger partial charge in [0.25, 0.3) is 0 Å². The Morgan fingerprint density at radius 1 is 1.69 bits per heavy atom. The van der Waals surface area contributed by atoms with Gasteiger partial charge in [-0.15, -0.1) is 6.58 Å². The van der Waals surface area contributed by atoms with Crippen LogP contribution in [0.1, 0.15) is 20.3 Å². The van der Waals surface area contributed by atoms with Crippen LogP contribution < -0.4 is 5.32 Å². The number of thioether (sulfide) groups is 1. The van der Waals surface area contributed by atoms with E-state index in [1.165, 1.54) is 0 Å². The van der Waals surface area contributed by atoms with Crippen molar-refractivity contribution in [2.45, 2.75) is 32.4 Å². The van der Waals surface area contributed by atoms with Gasteiger partial charge in [0.15, 0.2) is 0 Å². The molecule has 0 aromatic heterocycles. The molecule has 0 aromatic carbocycles. The van der Waals surface area contributed by atoms with E-state index in [1.54, 1.807) is 0 Å². The summed E-state index contributed by atoms with van der Waals surface area (Å²) in [6.07, 6.45) is 2.85. The smallest absolute Gasteiger partial charge is 0.239 e. The van der Waals surface area contributed by atoms with E-state index in [0.717, 1.165) is 31.0 Å². The molecule has 3 nitrogen and oxygen atoms in total. The maximum absolute atomic E-state index is 11.9. The fourth-order valence-corrected chi connectivity index (χ4v) is 2.54. The zero-order valence-corrected chi connectivity index (χ0v) is 11.1. The average Bonchev–Trinajstić information content (AvgIpc) is 2.56. The number of nitrogens with one attached hydrogen (secondary N) is 1. The fourth-order valence-electron chi connectivity index (χ4n) is 1.86. The summed E-state index contributed by atoms with van der Waals surface area (Å²) in [6.45, 7) is 9.61. The molecular weight excluding hydrogens is 220 g/mol. The molecule has 1 atom stereocenters. The first-order chi connectivity index (χ1) is 7.65. The summed E-state index contributed by atoms with van der Waals surface area (Å²) in [6, 6.07) is 0.424. The van der Waals surface area contributed by atoms with Crippen molar-refractivity contribution < 1.29 is 4.79 Å². The lowest BCUT2D eigenvalue weighted by atomic mass is 10.2. The maximum atomic E-state index is 11.9. The Morgan fingerprint density at radius 3 is 3.06 bits per heavy atom. The summed E-state index contributed by atoms with van der Waals surface area (Å²) in [5.41, 5.74) is 0. The topological polar surface area (TPSA) is 32.3 Å². The molecule has 92 valence electrons. The number of carbonyl (C=O) groups is 1. The number of hydrogen-bond donors (Lipinski definition) is 1. The summed E-state index contributed by atoms with van der Waals surface area (Å²) in [5.74, 6) is 2.25. The number of amides is 1. The van der Waals surface area contributed by atoms with Crippen LogP contribution in [0.15, 0.2) is 12.7 Å². The van der Waals surface area contributed by atoms with Crippen LogP contribution in [0, 0.1) is 0 Å². The molecule has 1 aliphatic heterocycles. The zero-order valence-electron chi connectivity index (χ0n) is 10.2. The minimum atomic E-state index is 0.0457. The van der Waals surface area contributed by atoms with E-state index in [-0.39, 0.29) is 11.9 Å². The standard InChI is InChI=1S/C12H22N2OS/c1-4-8-16-9-7-14-6-5-11(12(14)15)13-10(2)3/h4,10-11,13H,1,5-9H2,2-3H3.